The Hall–Kier alpha value is -2.53. The van der Waals surface area contributed by atoms with E-state index in [-0.39, 0.29) is 11.6 Å². The first kappa shape index (κ1) is 17.9. The lowest BCUT2D eigenvalue weighted by Gasteiger charge is -2.00. The SMILES string of the molecule is O=C1OC(c2ccccc2Cl)=N/C1=C\c1ccc(-c2ccc(Cl)c(Cl)c2)o1. The zero-order valence-electron chi connectivity index (χ0n) is 13.6. The molecule has 0 unspecified atom stereocenters. The highest BCUT2D eigenvalue weighted by atomic mass is 35.5. The van der Waals surface area contributed by atoms with Crippen LogP contribution < -0.4 is 0 Å². The molecule has 0 bridgehead atoms. The van der Waals surface area contributed by atoms with Crippen molar-refractivity contribution in [2.75, 3.05) is 0 Å². The van der Waals surface area contributed by atoms with Gasteiger partial charge in [-0.25, -0.2) is 9.79 Å². The molecular formula is C20H10Cl3NO3. The van der Waals surface area contributed by atoms with Crippen LogP contribution in [0, 0.1) is 0 Å². The molecular weight excluding hydrogens is 409 g/mol. The number of carbonyl (C=O) groups is 1. The van der Waals surface area contributed by atoms with Crippen LogP contribution in [-0.2, 0) is 9.53 Å². The van der Waals surface area contributed by atoms with Gasteiger partial charge in [0.15, 0.2) is 5.70 Å². The molecule has 2 heterocycles. The molecule has 0 aliphatic carbocycles. The molecule has 0 radical (unpaired) electrons. The van der Waals surface area contributed by atoms with E-state index < -0.39 is 5.97 Å². The molecule has 4 rings (SSSR count). The molecule has 1 aliphatic heterocycles. The minimum atomic E-state index is -0.572. The second-order valence-corrected chi connectivity index (χ2v) is 6.87. The zero-order valence-corrected chi connectivity index (χ0v) is 15.8. The number of rotatable bonds is 3. The molecule has 7 heteroatoms. The third kappa shape index (κ3) is 3.65. The number of halogens is 3. The van der Waals surface area contributed by atoms with Crippen molar-refractivity contribution in [2.24, 2.45) is 4.99 Å². The first-order valence-electron chi connectivity index (χ1n) is 7.84. The molecule has 1 aromatic heterocycles. The lowest BCUT2D eigenvalue weighted by molar-refractivity contribution is -0.129. The topological polar surface area (TPSA) is 51.8 Å². The average Bonchev–Trinajstić information content (AvgIpc) is 3.25. The van der Waals surface area contributed by atoms with Crippen molar-refractivity contribution in [2.45, 2.75) is 0 Å². The zero-order chi connectivity index (χ0) is 19.0. The second-order valence-electron chi connectivity index (χ2n) is 5.65. The molecule has 3 aromatic rings. The number of aliphatic imine (C=N–C) groups is 1. The van der Waals surface area contributed by atoms with Crippen molar-refractivity contribution in [1.29, 1.82) is 0 Å². The maximum absolute atomic E-state index is 12.1. The number of furan rings is 1. The summed E-state index contributed by atoms with van der Waals surface area (Å²) in [6.07, 6.45) is 1.51. The highest BCUT2D eigenvalue weighted by Crippen LogP contribution is 2.30. The molecule has 0 saturated heterocycles. The predicted octanol–water partition coefficient (Wildman–Crippen LogP) is 6.25. The summed E-state index contributed by atoms with van der Waals surface area (Å²) in [5, 5.41) is 1.34. The van der Waals surface area contributed by atoms with Crippen molar-refractivity contribution < 1.29 is 13.9 Å². The van der Waals surface area contributed by atoms with Gasteiger partial charge in [-0.15, -0.1) is 0 Å². The Morgan fingerprint density at radius 2 is 1.70 bits per heavy atom. The fourth-order valence-electron chi connectivity index (χ4n) is 2.53. The van der Waals surface area contributed by atoms with Crippen molar-refractivity contribution >= 4 is 52.7 Å². The van der Waals surface area contributed by atoms with Crippen LogP contribution in [0.3, 0.4) is 0 Å². The van der Waals surface area contributed by atoms with Crippen LogP contribution >= 0.6 is 34.8 Å². The summed E-state index contributed by atoms with van der Waals surface area (Å²) < 4.78 is 11.0. The third-order valence-corrected chi connectivity index (χ3v) is 4.90. The molecule has 0 atom stereocenters. The van der Waals surface area contributed by atoms with Gasteiger partial charge in [-0.05, 0) is 42.5 Å². The molecule has 27 heavy (non-hydrogen) atoms. The summed E-state index contributed by atoms with van der Waals surface area (Å²) in [4.78, 5) is 16.3. The van der Waals surface area contributed by atoms with E-state index in [1.807, 2.05) is 0 Å². The lowest BCUT2D eigenvalue weighted by atomic mass is 10.2. The van der Waals surface area contributed by atoms with Crippen LogP contribution in [0.2, 0.25) is 15.1 Å². The summed E-state index contributed by atoms with van der Waals surface area (Å²) in [5.41, 5.74) is 1.44. The number of ether oxygens (including phenoxy) is 1. The molecule has 134 valence electrons. The molecule has 0 saturated carbocycles. The van der Waals surface area contributed by atoms with Crippen LogP contribution in [0.5, 0.6) is 0 Å². The Labute approximate surface area is 169 Å². The summed E-state index contributed by atoms with van der Waals surface area (Å²) in [6, 6.07) is 15.7. The van der Waals surface area contributed by atoms with Crippen LogP contribution in [0.4, 0.5) is 0 Å². The average molecular weight is 419 g/mol. The molecule has 0 fully saturated rings. The Bertz CT molecular complexity index is 1120. The van der Waals surface area contributed by atoms with Crippen molar-refractivity contribution in [3.05, 3.63) is 86.7 Å². The highest BCUT2D eigenvalue weighted by Gasteiger charge is 2.25. The predicted molar refractivity (Wildman–Crippen MR) is 106 cm³/mol. The Kier molecular flexibility index (Phi) is 4.79. The van der Waals surface area contributed by atoms with Crippen LogP contribution in [-0.4, -0.2) is 11.9 Å². The van der Waals surface area contributed by atoms with Gasteiger partial charge in [-0.2, -0.15) is 0 Å². The van der Waals surface area contributed by atoms with Gasteiger partial charge in [-0.1, -0.05) is 46.9 Å². The van der Waals surface area contributed by atoms with E-state index in [1.165, 1.54) is 6.08 Å². The van der Waals surface area contributed by atoms with Gasteiger partial charge in [0, 0.05) is 11.6 Å². The number of hydrogen-bond acceptors (Lipinski definition) is 4. The van der Waals surface area contributed by atoms with Crippen LogP contribution in [0.15, 0.2) is 69.7 Å². The summed E-state index contributed by atoms with van der Waals surface area (Å²) in [6.45, 7) is 0. The molecule has 4 nitrogen and oxygen atoms in total. The number of hydrogen-bond donors (Lipinski definition) is 0. The number of nitrogens with zero attached hydrogens (tertiary/aromatic N) is 1. The number of benzene rings is 2. The fourth-order valence-corrected chi connectivity index (χ4v) is 3.04. The monoisotopic (exact) mass is 417 g/mol. The van der Waals surface area contributed by atoms with Gasteiger partial charge in [-0.3, -0.25) is 0 Å². The maximum Gasteiger partial charge on any atom is 0.363 e. The van der Waals surface area contributed by atoms with Gasteiger partial charge in [0.05, 0.1) is 20.6 Å². The Morgan fingerprint density at radius 1 is 0.889 bits per heavy atom. The first-order chi connectivity index (χ1) is 13.0. The normalized spacial score (nSPS) is 15.1. The van der Waals surface area contributed by atoms with E-state index >= 15 is 0 Å². The van der Waals surface area contributed by atoms with E-state index in [1.54, 1.807) is 54.6 Å². The smallest absolute Gasteiger partial charge is 0.363 e. The summed E-state index contributed by atoms with van der Waals surface area (Å²) in [5.74, 6) is 0.625. The van der Waals surface area contributed by atoms with E-state index in [9.17, 15) is 4.79 Å². The van der Waals surface area contributed by atoms with E-state index in [0.717, 1.165) is 5.56 Å². The maximum atomic E-state index is 12.1. The molecule has 2 aromatic carbocycles. The minimum absolute atomic E-state index is 0.125. The van der Waals surface area contributed by atoms with Crippen molar-refractivity contribution in [3.8, 4) is 11.3 Å². The summed E-state index contributed by atoms with van der Waals surface area (Å²) >= 11 is 18.1. The van der Waals surface area contributed by atoms with Gasteiger partial charge in [0.2, 0.25) is 5.90 Å². The van der Waals surface area contributed by atoms with Gasteiger partial charge < -0.3 is 9.15 Å². The first-order valence-corrected chi connectivity index (χ1v) is 8.97. The quantitative estimate of drug-likeness (QED) is 0.373. The standard InChI is InChI=1S/C20H10Cl3NO3/c21-14-4-2-1-3-13(14)19-24-17(20(25)27-19)10-12-6-8-18(26-12)11-5-7-15(22)16(23)9-11/h1-10H/b17-10-. The van der Waals surface area contributed by atoms with Crippen LogP contribution in [0.1, 0.15) is 11.3 Å². The van der Waals surface area contributed by atoms with Gasteiger partial charge in [0.1, 0.15) is 11.5 Å². The van der Waals surface area contributed by atoms with Gasteiger partial charge in [0.25, 0.3) is 0 Å². The van der Waals surface area contributed by atoms with Crippen molar-refractivity contribution in [3.63, 3.8) is 0 Å². The number of esters is 1. The molecule has 1 aliphatic rings. The number of cyclic esters (lactones) is 1. The highest BCUT2D eigenvalue weighted by molar-refractivity contribution is 6.42. The largest absolute Gasteiger partial charge is 0.457 e. The fraction of sp³-hybridized carbons (Fsp3) is 0. The van der Waals surface area contributed by atoms with E-state index in [2.05, 4.69) is 4.99 Å². The van der Waals surface area contributed by atoms with E-state index in [4.69, 9.17) is 44.0 Å². The van der Waals surface area contributed by atoms with E-state index in [0.29, 0.717) is 32.2 Å². The second kappa shape index (κ2) is 7.24. The minimum Gasteiger partial charge on any atom is -0.457 e. The Morgan fingerprint density at radius 3 is 2.48 bits per heavy atom. The van der Waals surface area contributed by atoms with Crippen molar-refractivity contribution in [1.82, 2.24) is 0 Å². The van der Waals surface area contributed by atoms with Gasteiger partial charge >= 0.3 is 5.97 Å². The van der Waals surface area contributed by atoms with Crippen LogP contribution in [0.25, 0.3) is 17.4 Å². The molecule has 0 amide bonds. The Balaban J connectivity index is 1.64. The molecule has 0 spiro atoms. The lowest BCUT2D eigenvalue weighted by Crippen LogP contribution is -2.05. The molecule has 0 N–H and O–H groups in total. The third-order valence-electron chi connectivity index (χ3n) is 3.83. The number of carbonyl (C=O) groups excluding carboxylic acids is 1. The summed E-state index contributed by atoms with van der Waals surface area (Å²) in [7, 11) is 0.